The van der Waals surface area contributed by atoms with Gasteiger partial charge in [0.25, 0.3) is 0 Å². The van der Waals surface area contributed by atoms with E-state index < -0.39 is 37.6 Å². The molecule has 198 valence electrons. The lowest BCUT2D eigenvalue weighted by atomic mass is 10.2. The van der Waals surface area contributed by atoms with E-state index in [0.29, 0.717) is 13.1 Å². The highest BCUT2D eigenvalue weighted by atomic mass is 32.2. The Kier molecular flexibility index (Phi) is 8.90. The number of nitrogens with one attached hydrogen (secondary N) is 1. The molecule has 1 aliphatic rings. The number of ether oxygens (including phenoxy) is 1. The third kappa shape index (κ3) is 6.71. The molecule has 0 spiro atoms. The zero-order valence-corrected chi connectivity index (χ0v) is 21.7. The average molecular weight is 546 g/mol. The molecule has 0 unspecified atom stereocenters. The first-order valence-electron chi connectivity index (χ1n) is 11.3. The van der Waals surface area contributed by atoms with Gasteiger partial charge in [-0.3, -0.25) is 9.10 Å². The number of nitrogens with zero attached hydrogens (tertiary/aromatic N) is 2. The lowest BCUT2D eigenvalue weighted by Gasteiger charge is -2.26. The molecule has 1 aliphatic heterocycles. The number of carbonyl (C=O) groups excluding carboxylic acids is 1. The van der Waals surface area contributed by atoms with Gasteiger partial charge in [0.15, 0.2) is 11.6 Å². The van der Waals surface area contributed by atoms with Crippen LogP contribution in [0.15, 0.2) is 41.3 Å². The van der Waals surface area contributed by atoms with Crippen LogP contribution in [-0.2, 0) is 24.8 Å². The quantitative estimate of drug-likeness (QED) is 0.490. The highest BCUT2D eigenvalue weighted by Crippen LogP contribution is 2.31. The molecule has 1 fully saturated rings. The van der Waals surface area contributed by atoms with Gasteiger partial charge in [0, 0.05) is 37.8 Å². The fraction of sp³-hybridized carbons (Fsp3) is 0.435. The maximum atomic E-state index is 13.6. The lowest BCUT2D eigenvalue weighted by Crippen LogP contribution is -2.35. The van der Waals surface area contributed by atoms with Crippen molar-refractivity contribution in [3.8, 4) is 5.75 Å². The van der Waals surface area contributed by atoms with Crippen molar-refractivity contribution in [3.05, 3.63) is 48.0 Å². The van der Waals surface area contributed by atoms with Crippen molar-refractivity contribution in [1.82, 2.24) is 4.31 Å². The first kappa shape index (κ1) is 27.8. The molecule has 13 heteroatoms. The topological polar surface area (TPSA) is 113 Å². The molecular weight excluding hydrogens is 516 g/mol. The Morgan fingerprint density at radius 2 is 1.72 bits per heavy atom. The van der Waals surface area contributed by atoms with E-state index in [1.54, 1.807) is 0 Å². The molecule has 3 rings (SSSR count). The Labute approximate surface area is 210 Å². The number of hydrogen-bond acceptors (Lipinski definition) is 6. The third-order valence-corrected chi connectivity index (χ3v) is 8.85. The fourth-order valence-corrected chi connectivity index (χ4v) is 6.59. The van der Waals surface area contributed by atoms with Gasteiger partial charge in [0.1, 0.15) is 10.6 Å². The summed E-state index contributed by atoms with van der Waals surface area (Å²) in [5.74, 6) is -2.60. The standard InChI is InChI=1S/C23H29F2N3O6S2/c1-34-21-11-8-17(15-22(21)36(32,33)27-12-4-3-5-13-27)26-23(29)7-6-14-28(35(2,30)31)18-9-10-19(24)20(25)16-18/h8-11,15-16H,3-7,12-14H2,1-2H3,(H,26,29). The second-order valence-electron chi connectivity index (χ2n) is 8.42. The molecule has 1 N–H and O–H groups in total. The van der Waals surface area contributed by atoms with Gasteiger partial charge in [0.2, 0.25) is 26.0 Å². The SMILES string of the molecule is COc1ccc(NC(=O)CCCN(c2ccc(F)c(F)c2)S(C)(=O)=O)cc1S(=O)(=O)N1CCCCC1. The van der Waals surface area contributed by atoms with Crippen LogP contribution < -0.4 is 14.4 Å². The first-order chi connectivity index (χ1) is 16.9. The maximum Gasteiger partial charge on any atom is 0.246 e. The van der Waals surface area contributed by atoms with E-state index in [1.165, 1.54) is 29.6 Å². The minimum absolute atomic E-state index is 0.0497. The number of benzene rings is 2. The molecular formula is C23H29F2N3O6S2. The summed E-state index contributed by atoms with van der Waals surface area (Å²) in [5.41, 5.74) is 0.191. The van der Waals surface area contributed by atoms with E-state index in [1.807, 2.05) is 0 Å². The van der Waals surface area contributed by atoms with Crippen LogP contribution >= 0.6 is 0 Å². The van der Waals surface area contributed by atoms with Gasteiger partial charge < -0.3 is 10.1 Å². The van der Waals surface area contributed by atoms with Crippen LogP contribution in [0.2, 0.25) is 0 Å². The molecule has 1 amide bonds. The van der Waals surface area contributed by atoms with Crippen LogP contribution in [-0.4, -0.2) is 60.0 Å². The van der Waals surface area contributed by atoms with Crippen molar-refractivity contribution in [2.45, 2.75) is 37.0 Å². The van der Waals surface area contributed by atoms with Crippen molar-refractivity contribution >= 4 is 37.3 Å². The molecule has 2 aromatic rings. The number of anilines is 2. The minimum Gasteiger partial charge on any atom is -0.495 e. The van der Waals surface area contributed by atoms with E-state index in [4.69, 9.17) is 4.74 Å². The van der Waals surface area contributed by atoms with Gasteiger partial charge in [-0.05, 0) is 49.6 Å². The van der Waals surface area contributed by atoms with Gasteiger partial charge in [-0.25, -0.2) is 25.6 Å². The molecule has 1 saturated heterocycles. The van der Waals surface area contributed by atoms with Gasteiger partial charge >= 0.3 is 0 Å². The van der Waals surface area contributed by atoms with Crippen LogP contribution in [0.3, 0.4) is 0 Å². The summed E-state index contributed by atoms with van der Waals surface area (Å²) >= 11 is 0. The van der Waals surface area contributed by atoms with Crippen LogP contribution in [0, 0.1) is 11.6 Å². The van der Waals surface area contributed by atoms with Crippen LogP contribution in [0.5, 0.6) is 5.75 Å². The van der Waals surface area contributed by atoms with E-state index in [2.05, 4.69) is 5.32 Å². The molecule has 0 atom stereocenters. The molecule has 1 heterocycles. The smallest absolute Gasteiger partial charge is 0.246 e. The summed E-state index contributed by atoms with van der Waals surface area (Å²) in [4.78, 5) is 12.5. The second kappa shape index (κ2) is 11.5. The van der Waals surface area contributed by atoms with Crippen molar-refractivity contribution in [3.63, 3.8) is 0 Å². The van der Waals surface area contributed by atoms with E-state index in [-0.39, 0.29) is 41.4 Å². The number of halogens is 2. The van der Waals surface area contributed by atoms with E-state index in [9.17, 15) is 30.4 Å². The molecule has 9 nitrogen and oxygen atoms in total. The zero-order chi connectivity index (χ0) is 26.5. The van der Waals surface area contributed by atoms with Gasteiger partial charge in [0.05, 0.1) is 19.1 Å². The summed E-state index contributed by atoms with van der Waals surface area (Å²) < 4.78 is 85.0. The fourth-order valence-electron chi connectivity index (χ4n) is 3.93. The number of rotatable bonds is 10. The van der Waals surface area contributed by atoms with Crippen molar-refractivity contribution in [2.24, 2.45) is 0 Å². The van der Waals surface area contributed by atoms with Crippen LogP contribution in [0.25, 0.3) is 0 Å². The van der Waals surface area contributed by atoms with Gasteiger partial charge in [-0.15, -0.1) is 0 Å². The molecule has 36 heavy (non-hydrogen) atoms. The molecule has 0 saturated carbocycles. The summed E-state index contributed by atoms with van der Waals surface area (Å²) in [6, 6.07) is 7.05. The molecule has 0 aromatic heterocycles. The zero-order valence-electron chi connectivity index (χ0n) is 20.0. The van der Waals surface area contributed by atoms with Crippen LogP contribution in [0.1, 0.15) is 32.1 Å². The van der Waals surface area contributed by atoms with Crippen molar-refractivity contribution in [1.29, 1.82) is 0 Å². The van der Waals surface area contributed by atoms with Crippen molar-refractivity contribution < 1.29 is 35.1 Å². The van der Waals surface area contributed by atoms with E-state index >= 15 is 0 Å². The van der Waals surface area contributed by atoms with E-state index in [0.717, 1.165) is 48.0 Å². The number of amides is 1. The summed E-state index contributed by atoms with van der Waals surface area (Å²) in [7, 11) is -6.27. The molecule has 0 radical (unpaired) electrons. The molecule has 0 aliphatic carbocycles. The number of hydrogen-bond donors (Lipinski definition) is 1. The second-order valence-corrected chi connectivity index (χ2v) is 12.2. The number of sulfonamides is 2. The van der Waals surface area contributed by atoms with Gasteiger partial charge in [-0.2, -0.15) is 4.31 Å². The Hall–Kier alpha value is -2.77. The Balaban J connectivity index is 1.69. The lowest BCUT2D eigenvalue weighted by molar-refractivity contribution is -0.116. The largest absolute Gasteiger partial charge is 0.495 e. The summed E-state index contributed by atoms with van der Waals surface area (Å²) in [5, 5.41) is 2.62. The number of carbonyl (C=O) groups is 1. The Bertz CT molecular complexity index is 1310. The van der Waals surface area contributed by atoms with Crippen LogP contribution in [0.4, 0.5) is 20.2 Å². The van der Waals surface area contributed by atoms with Gasteiger partial charge in [-0.1, -0.05) is 6.42 Å². The molecule has 0 bridgehead atoms. The Morgan fingerprint density at radius 1 is 1.03 bits per heavy atom. The number of piperidine rings is 1. The minimum atomic E-state index is -3.82. The third-order valence-electron chi connectivity index (χ3n) is 5.74. The molecule has 2 aromatic carbocycles. The number of methoxy groups -OCH3 is 1. The monoisotopic (exact) mass is 545 g/mol. The predicted molar refractivity (Wildman–Crippen MR) is 132 cm³/mol. The maximum absolute atomic E-state index is 13.6. The van der Waals surface area contributed by atoms with Crippen molar-refractivity contribution in [2.75, 3.05) is 42.6 Å². The first-order valence-corrected chi connectivity index (χ1v) is 14.6. The highest BCUT2D eigenvalue weighted by Gasteiger charge is 2.29. The normalized spacial score (nSPS) is 14.9. The average Bonchev–Trinajstić information content (AvgIpc) is 2.83. The summed E-state index contributed by atoms with van der Waals surface area (Å²) in [6.07, 6.45) is 3.41. The Morgan fingerprint density at radius 3 is 2.33 bits per heavy atom. The highest BCUT2D eigenvalue weighted by molar-refractivity contribution is 7.92. The predicted octanol–water partition coefficient (Wildman–Crippen LogP) is 3.33. The summed E-state index contributed by atoms with van der Waals surface area (Å²) in [6.45, 7) is 0.683.